The van der Waals surface area contributed by atoms with Gasteiger partial charge in [-0.25, -0.2) is 0 Å². The molecule has 1 aromatic carbocycles. The molecule has 3 nitrogen and oxygen atoms in total. The van der Waals surface area contributed by atoms with Crippen molar-refractivity contribution in [2.45, 2.75) is 39.7 Å². The Morgan fingerprint density at radius 2 is 2.10 bits per heavy atom. The Morgan fingerprint density at radius 1 is 1.20 bits per heavy atom. The van der Waals surface area contributed by atoms with E-state index in [1.54, 1.807) is 0 Å². The summed E-state index contributed by atoms with van der Waals surface area (Å²) in [6.07, 6.45) is 7.65. The summed E-state index contributed by atoms with van der Waals surface area (Å²) in [4.78, 5) is 0. The summed E-state index contributed by atoms with van der Waals surface area (Å²) < 4.78 is 2.03. The van der Waals surface area contributed by atoms with E-state index in [1.807, 2.05) is 10.9 Å². The molecular formula is C17H25N3. The third-order valence-corrected chi connectivity index (χ3v) is 3.36. The molecule has 0 unspecified atom stereocenters. The molecule has 0 amide bonds. The van der Waals surface area contributed by atoms with Crippen LogP contribution in [-0.2, 0) is 13.0 Å². The van der Waals surface area contributed by atoms with E-state index in [0.29, 0.717) is 0 Å². The largest absolute Gasteiger partial charge is 0.317 e. The Bertz CT molecular complexity index is 516. The Morgan fingerprint density at radius 3 is 2.90 bits per heavy atom. The van der Waals surface area contributed by atoms with Crippen molar-refractivity contribution in [2.75, 3.05) is 13.1 Å². The second kappa shape index (κ2) is 7.85. The van der Waals surface area contributed by atoms with Crippen molar-refractivity contribution < 1.29 is 0 Å². The number of hydrogen-bond donors (Lipinski definition) is 1. The molecule has 0 aliphatic carbocycles. The molecule has 20 heavy (non-hydrogen) atoms. The molecule has 108 valence electrons. The number of aryl methyl sites for hydroxylation is 2. The maximum Gasteiger partial charge on any atom is 0.0659 e. The molecule has 0 aliphatic heterocycles. The van der Waals surface area contributed by atoms with Gasteiger partial charge in [0.25, 0.3) is 0 Å². The van der Waals surface area contributed by atoms with E-state index < -0.39 is 0 Å². The van der Waals surface area contributed by atoms with Gasteiger partial charge < -0.3 is 5.32 Å². The molecule has 2 aromatic rings. The molecule has 0 bridgehead atoms. The van der Waals surface area contributed by atoms with Gasteiger partial charge in [0.15, 0.2) is 0 Å². The highest BCUT2D eigenvalue weighted by atomic mass is 15.3. The molecular weight excluding hydrogens is 246 g/mol. The molecule has 0 atom stereocenters. The summed E-state index contributed by atoms with van der Waals surface area (Å²) >= 11 is 0. The lowest BCUT2D eigenvalue weighted by Gasteiger charge is -2.03. The molecule has 0 fully saturated rings. The third-order valence-electron chi connectivity index (χ3n) is 3.36. The van der Waals surface area contributed by atoms with Crippen LogP contribution in [0.15, 0.2) is 36.7 Å². The van der Waals surface area contributed by atoms with Gasteiger partial charge in [-0.1, -0.05) is 36.8 Å². The third kappa shape index (κ3) is 4.82. The predicted octanol–water partition coefficient (Wildman–Crippen LogP) is 3.17. The smallest absolute Gasteiger partial charge is 0.0659 e. The molecule has 3 heteroatoms. The zero-order valence-corrected chi connectivity index (χ0v) is 12.6. The van der Waals surface area contributed by atoms with E-state index in [-0.39, 0.29) is 0 Å². The van der Waals surface area contributed by atoms with E-state index in [0.717, 1.165) is 26.1 Å². The Kier molecular flexibility index (Phi) is 5.81. The first kappa shape index (κ1) is 14.8. The maximum atomic E-state index is 4.45. The van der Waals surface area contributed by atoms with E-state index >= 15 is 0 Å². The monoisotopic (exact) mass is 271 g/mol. The van der Waals surface area contributed by atoms with Gasteiger partial charge in [-0.05, 0) is 50.4 Å². The van der Waals surface area contributed by atoms with Gasteiger partial charge in [0.05, 0.1) is 12.7 Å². The van der Waals surface area contributed by atoms with Crippen LogP contribution < -0.4 is 5.32 Å². The predicted molar refractivity (Wildman–Crippen MR) is 84.0 cm³/mol. The minimum Gasteiger partial charge on any atom is -0.317 e. The first-order chi connectivity index (χ1) is 9.78. The van der Waals surface area contributed by atoms with Crippen molar-refractivity contribution in [2.24, 2.45) is 0 Å². The first-order valence-corrected chi connectivity index (χ1v) is 7.55. The van der Waals surface area contributed by atoms with Crippen LogP contribution in [0.25, 0.3) is 0 Å². The van der Waals surface area contributed by atoms with Gasteiger partial charge in [0, 0.05) is 6.20 Å². The van der Waals surface area contributed by atoms with Crippen LogP contribution in [0.2, 0.25) is 0 Å². The zero-order chi connectivity index (χ0) is 14.2. The number of hydrogen-bond acceptors (Lipinski definition) is 2. The van der Waals surface area contributed by atoms with Crippen molar-refractivity contribution >= 4 is 0 Å². The highest BCUT2D eigenvalue weighted by Gasteiger charge is 2.00. The molecule has 0 aliphatic rings. The SMILES string of the molecule is CCCNCCCc1cnn(Cc2cccc(C)c2)c1. The molecule has 2 rings (SSSR count). The van der Waals surface area contributed by atoms with Crippen LogP contribution in [-0.4, -0.2) is 22.9 Å². The molecule has 0 radical (unpaired) electrons. The zero-order valence-electron chi connectivity index (χ0n) is 12.6. The van der Waals surface area contributed by atoms with Gasteiger partial charge in [-0.3, -0.25) is 4.68 Å². The summed E-state index contributed by atoms with van der Waals surface area (Å²) in [5.41, 5.74) is 3.94. The quantitative estimate of drug-likeness (QED) is 0.747. The topological polar surface area (TPSA) is 29.9 Å². The lowest BCUT2D eigenvalue weighted by Crippen LogP contribution is -2.16. The van der Waals surface area contributed by atoms with Crippen LogP contribution in [0.4, 0.5) is 0 Å². The second-order valence-corrected chi connectivity index (χ2v) is 5.39. The Balaban J connectivity index is 1.80. The normalized spacial score (nSPS) is 10.9. The molecule has 1 aromatic heterocycles. The molecule has 0 saturated carbocycles. The fraction of sp³-hybridized carbons (Fsp3) is 0.471. The van der Waals surface area contributed by atoms with E-state index in [9.17, 15) is 0 Å². The molecule has 1 heterocycles. The van der Waals surface area contributed by atoms with Crippen LogP contribution in [0, 0.1) is 6.92 Å². The molecule has 1 N–H and O–H groups in total. The fourth-order valence-electron chi connectivity index (χ4n) is 2.34. The first-order valence-electron chi connectivity index (χ1n) is 7.55. The highest BCUT2D eigenvalue weighted by Crippen LogP contribution is 2.07. The van der Waals surface area contributed by atoms with Crippen LogP contribution in [0.5, 0.6) is 0 Å². The number of rotatable bonds is 8. The molecule has 0 spiro atoms. The summed E-state index contributed by atoms with van der Waals surface area (Å²) in [5.74, 6) is 0. The summed E-state index contributed by atoms with van der Waals surface area (Å²) in [6, 6.07) is 8.61. The van der Waals surface area contributed by atoms with E-state index in [1.165, 1.54) is 29.5 Å². The standard InChI is InChI=1S/C17H25N3/c1-3-9-18-10-5-8-17-12-19-20(14-17)13-16-7-4-6-15(2)11-16/h4,6-7,11-12,14,18H,3,5,8-10,13H2,1-2H3. The summed E-state index contributed by atoms with van der Waals surface area (Å²) in [6.45, 7) is 7.39. The van der Waals surface area contributed by atoms with Crippen molar-refractivity contribution in [1.82, 2.24) is 15.1 Å². The number of nitrogens with zero attached hydrogens (tertiary/aromatic N) is 2. The van der Waals surface area contributed by atoms with Crippen LogP contribution in [0.1, 0.15) is 36.5 Å². The Labute approximate surface area is 122 Å². The van der Waals surface area contributed by atoms with Crippen LogP contribution in [0.3, 0.4) is 0 Å². The summed E-state index contributed by atoms with van der Waals surface area (Å²) in [7, 11) is 0. The van der Waals surface area contributed by atoms with Crippen molar-refractivity contribution in [3.63, 3.8) is 0 Å². The minimum absolute atomic E-state index is 0.857. The maximum absolute atomic E-state index is 4.45. The summed E-state index contributed by atoms with van der Waals surface area (Å²) in [5, 5.41) is 7.88. The van der Waals surface area contributed by atoms with Gasteiger partial charge in [0.2, 0.25) is 0 Å². The Hall–Kier alpha value is -1.61. The van der Waals surface area contributed by atoms with Gasteiger partial charge in [0.1, 0.15) is 0 Å². The number of aromatic nitrogens is 2. The molecule has 0 saturated heterocycles. The average molecular weight is 271 g/mol. The van der Waals surface area contributed by atoms with Crippen molar-refractivity contribution in [1.29, 1.82) is 0 Å². The number of nitrogens with one attached hydrogen (secondary N) is 1. The second-order valence-electron chi connectivity index (χ2n) is 5.39. The fourth-order valence-corrected chi connectivity index (χ4v) is 2.34. The van der Waals surface area contributed by atoms with Gasteiger partial charge >= 0.3 is 0 Å². The van der Waals surface area contributed by atoms with Gasteiger partial charge in [-0.15, -0.1) is 0 Å². The van der Waals surface area contributed by atoms with Crippen LogP contribution >= 0.6 is 0 Å². The van der Waals surface area contributed by atoms with E-state index in [4.69, 9.17) is 0 Å². The average Bonchev–Trinajstić information content (AvgIpc) is 2.86. The van der Waals surface area contributed by atoms with E-state index in [2.05, 4.69) is 54.7 Å². The lowest BCUT2D eigenvalue weighted by molar-refractivity contribution is 0.639. The lowest BCUT2D eigenvalue weighted by atomic mass is 10.1. The van der Waals surface area contributed by atoms with Gasteiger partial charge in [-0.2, -0.15) is 5.10 Å². The van der Waals surface area contributed by atoms with Crippen molar-refractivity contribution in [3.8, 4) is 0 Å². The minimum atomic E-state index is 0.857. The number of benzene rings is 1. The van der Waals surface area contributed by atoms with Crippen molar-refractivity contribution in [3.05, 3.63) is 53.3 Å². The highest BCUT2D eigenvalue weighted by molar-refractivity contribution is 5.22.